The topological polar surface area (TPSA) is 28.4 Å². The van der Waals surface area contributed by atoms with Crippen LogP contribution in [-0.4, -0.2) is 14.1 Å². The molecule has 0 aliphatic rings. The van der Waals surface area contributed by atoms with E-state index in [1.165, 1.54) is 16.8 Å². The van der Waals surface area contributed by atoms with Gasteiger partial charge >= 0.3 is 0 Å². The first kappa shape index (κ1) is 12.7. The molecule has 0 spiro atoms. The molecule has 2 aromatic rings. The number of benzene rings is 1. The summed E-state index contributed by atoms with van der Waals surface area (Å²) in [5, 5.41) is 3.39. The van der Waals surface area contributed by atoms with Crippen LogP contribution in [0.15, 0.2) is 41.0 Å². The van der Waals surface area contributed by atoms with E-state index in [1.54, 1.807) is 6.26 Å². The number of nitrogens with one attached hydrogen (secondary N) is 1. The second-order valence-corrected chi connectivity index (χ2v) is 4.69. The molecule has 0 bridgehead atoms. The molecular weight excluding hydrogens is 224 g/mol. The van der Waals surface area contributed by atoms with E-state index in [2.05, 4.69) is 41.4 Å². The van der Waals surface area contributed by atoms with Gasteiger partial charge in [-0.1, -0.05) is 12.1 Å². The summed E-state index contributed by atoms with van der Waals surface area (Å²) in [4.78, 5) is 2.10. The zero-order valence-corrected chi connectivity index (χ0v) is 11.2. The van der Waals surface area contributed by atoms with Crippen molar-refractivity contribution in [2.75, 3.05) is 19.0 Å². The number of furan rings is 1. The molecule has 3 heteroatoms. The van der Waals surface area contributed by atoms with E-state index in [0.717, 1.165) is 18.8 Å². The summed E-state index contributed by atoms with van der Waals surface area (Å²) in [6.07, 6.45) is 1.73. The average Bonchev–Trinajstić information content (AvgIpc) is 2.76. The average molecular weight is 244 g/mol. The Hall–Kier alpha value is -1.74. The van der Waals surface area contributed by atoms with Gasteiger partial charge < -0.3 is 14.6 Å². The van der Waals surface area contributed by atoms with Crippen molar-refractivity contribution in [1.29, 1.82) is 0 Å². The summed E-state index contributed by atoms with van der Waals surface area (Å²) in [6, 6.07) is 10.6. The van der Waals surface area contributed by atoms with Crippen LogP contribution in [0.1, 0.15) is 16.9 Å². The molecule has 0 amide bonds. The van der Waals surface area contributed by atoms with Crippen molar-refractivity contribution in [2.45, 2.75) is 20.0 Å². The third kappa shape index (κ3) is 3.14. The molecule has 0 aliphatic heterocycles. The second-order valence-electron chi connectivity index (χ2n) is 4.69. The predicted octanol–water partition coefficient (Wildman–Crippen LogP) is 2.94. The summed E-state index contributed by atoms with van der Waals surface area (Å²) in [7, 11) is 4.10. The summed E-state index contributed by atoms with van der Waals surface area (Å²) in [5.41, 5.74) is 3.70. The highest BCUT2D eigenvalue weighted by Crippen LogP contribution is 2.12. The lowest BCUT2D eigenvalue weighted by molar-refractivity contribution is 0.480. The Labute approximate surface area is 108 Å². The van der Waals surface area contributed by atoms with Gasteiger partial charge in [0.25, 0.3) is 0 Å². The maximum atomic E-state index is 5.38. The third-order valence-corrected chi connectivity index (χ3v) is 3.04. The molecule has 0 radical (unpaired) electrons. The Morgan fingerprint density at radius 1 is 1.06 bits per heavy atom. The van der Waals surface area contributed by atoms with Gasteiger partial charge in [-0.05, 0) is 36.2 Å². The van der Waals surface area contributed by atoms with Crippen LogP contribution in [0, 0.1) is 6.92 Å². The Balaban J connectivity index is 1.85. The van der Waals surface area contributed by atoms with E-state index in [-0.39, 0.29) is 0 Å². The van der Waals surface area contributed by atoms with Gasteiger partial charge in [0.15, 0.2) is 0 Å². The fourth-order valence-corrected chi connectivity index (χ4v) is 1.82. The van der Waals surface area contributed by atoms with E-state index in [0.29, 0.717) is 0 Å². The number of nitrogens with zero attached hydrogens (tertiary/aromatic N) is 1. The minimum absolute atomic E-state index is 0.772. The first-order valence-corrected chi connectivity index (χ1v) is 6.17. The number of anilines is 1. The first-order valence-electron chi connectivity index (χ1n) is 6.17. The minimum Gasteiger partial charge on any atom is -0.468 e. The quantitative estimate of drug-likeness (QED) is 0.876. The van der Waals surface area contributed by atoms with Gasteiger partial charge in [0.2, 0.25) is 0 Å². The predicted molar refractivity (Wildman–Crippen MR) is 74.8 cm³/mol. The number of aryl methyl sites for hydroxylation is 1. The van der Waals surface area contributed by atoms with Gasteiger partial charge in [-0.3, -0.25) is 0 Å². The summed E-state index contributed by atoms with van der Waals surface area (Å²) < 4.78 is 5.38. The van der Waals surface area contributed by atoms with Gasteiger partial charge in [-0.25, -0.2) is 0 Å². The highest BCUT2D eigenvalue weighted by Gasteiger charge is 2.01. The van der Waals surface area contributed by atoms with Gasteiger partial charge in [-0.2, -0.15) is 0 Å². The van der Waals surface area contributed by atoms with Crippen LogP contribution < -0.4 is 10.2 Å². The number of hydrogen-bond acceptors (Lipinski definition) is 3. The lowest BCUT2D eigenvalue weighted by Gasteiger charge is -2.12. The molecule has 2 rings (SSSR count). The zero-order chi connectivity index (χ0) is 13.0. The van der Waals surface area contributed by atoms with Gasteiger partial charge in [0, 0.05) is 26.3 Å². The summed E-state index contributed by atoms with van der Waals surface area (Å²) in [6.45, 7) is 3.69. The van der Waals surface area contributed by atoms with E-state index < -0.39 is 0 Å². The molecule has 1 aromatic heterocycles. The number of rotatable bonds is 5. The first-order chi connectivity index (χ1) is 8.66. The fraction of sp³-hybridized carbons (Fsp3) is 0.333. The smallest absolute Gasteiger partial charge is 0.120 e. The van der Waals surface area contributed by atoms with Gasteiger partial charge in [-0.15, -0.1) is 0 Å². The standard InChI is InChI=1S/C15H20N2O/c1-12-8-9-18-15(12)11-16-10-13-4-6-14(7-5-13)17(2)3/h4-9,16H,10-11H2,1-3H3. The normalized spacial score (nSPS) is 10.6. The van der Waals surface area contributed by atoms with E-state index >= 15 is 0 Å². The number of hydrogen-bond donors (Lipinski definition) is 1. The van der Waals surface area contributed by atoms with Crippen LogP contribution in [0.4, 0.5) is 5.69 Å². The lowest BCUT2D eigenvalue weighted by Crippen LogP contribution is -2.13. The molecule has 0 saturated carbocycles. The Morgan fingerprint density at radius 2 is 1.78 bits per heavy atom. The molecule has 0 saturated heterocycles. The van der Waals surface area contributed by atoms with Crippen LogP contribution in [0.5, 0.6) is 0 Å². The van der Waals surface area contributed by atoms with Crippen LogP contribution in [0.2, 0.25) is 0 Å². The molecule has 0 fully saturated rings. The summed E-state index contributed by atoms with van der Waals surface area (Å²) >= 11 is 0. The molecule has 0 aliphatic carbocycles. The Bertz CT molecular complexity index is 485. The minimum atomic E-state index is 0.772. The van der Waals surface area contributed by atoms with Crippen LogP contribution in [0.3, 0.4) is 0 Å². The van der Waals surface area contributed by atoms with Crippen LogP contribution in [0.25, 0.3) is 0 Å². The van der Waals surface area contributed by atoms with Crippen molar-refractivity contribution < 1.29 is 4.42 Å². The highest BCUT2D eigenvalue weighted by molar-refractivity contribution is 5.45. The third-order valence-electron chi connectivity index (χ3n) is 3.04. The van der Waals surface area contributed by atoms with E-state index in [9.17, 15) is 0 Å². The molecule has 1 N–H and O–H groups in total. The van der Waals surface area contributed by atoms with Crippen molar-refractivity contribution in [3.8, 4) is 0 Å². The molecule has 1 aromatic carbocycles. The van der Waals surface area contributed by atoms with E-state index in [4.69, 9.17) is 4.42 Å². The molecule has 3 nitrogen and oxygen atoms in total. The van der Waals surface area contributed by atoms with Crippen molar-refractivity contribution in [3.05, 3.63) is 53.5 Å². The monoisotopic (exact) mass is 244 g/mol. The Kier molecular flexibility index (Phi) is 4.05. The SMILES string of the molecule is Cc1ccoc1CNCc1ccc(N(C)C)cc1. The second kappa shape index (κ2) is 5.74. The molecule has 96 valence electrons. The van der Waals surface area contributed by atoms with Gasteiger partial charge in [0.05, 0.1) is 12.8 Å². The van der Waals surface area contributed by atoms with Crippen molar-refractivity contribution in [2.24, 2.45) is 0 Å². The maximum Gasteiger partial charge on any atom is 0.120 e. The zero-order valence-electron chi connectivity index (χ0n) is 11.2. The maximum absolute atomic E-state index is 5.38. The summed E-state index contributed by atoms with van der Waals surface area (Å²) in [5.74, 6) is 1.01. The van der Waals surface area contributed by atoms with Gasteiger partial charge in [0.1, 0.15) is 5.76 Å². The Morgan fingerprint density at radius 3 is 2.33 bits per heavy atom. The van der Waals surface area contributed by atoms with Crippen molar-refractivity contribution in [3.63, 3.8) is 0 Å². The van der Waals surface area contributed by atoms with Crippen molar-refractivity contribution in [1.82, 2.24) is 5.32 Å². The molecule has 18 heavy (non-hydrogen) atoms. The molecule has 0 unspecified atom stereocenters. The van der Waals surface area contributed by atoms with Crippen LogP contribution in [-0.2, 0) is 13.1 Å². The highest BCUT2D eigenvalue weighted by atomic mass is 16.3. The fourth-order valence-electron chi connectivity index (χ4n) is 1.82. The largest absolute Gasteiger partial charge is 0.468 e. The molecule has 0 atom stereocenters. The van der Waals surface area contributed by atoms with Crippen molar-refractivity contribution >= 4 is 5.69 Å². The lowest BCUT2D eigenvalue weighted by atomic mass is 10.2. The van der Waals surface area contributed by atoms with Crippen LogP contribution >= 0.6 is 0 Å². The molecular formula is C15H20N2O. The molecule has 1 heterocycles. The van der Waals surface area contributed by atoms with E-state index in [1.807, 2.05) is 20.2 Å².